The zero-order chi connectivity index (χ0) is 29.8. The Morgan fingerprint density at radius 2 is 1.07 bits per heavy atom. The Morgan fingerprint density at radius 3 is 1.33 bits per heavy atom. The summed E-state index contributed by atoms with van der Waals surface area (Å²) in [6.07, 6.45) is 4.80. The molecule has 43 heavy (non-hydrogen) atoms. The lowest BCUT2D eigenvalue weighted by molar-refractivity contribution is -0.384. The van der Waals surface area contributed by atoms with Gasteiger partial charge in [-0.3, -0.25) is 14.8 Å². The normalized spacial score (nSPS) is 15.9. The molecule has 0 atom stereocenters. The maximum atomic E-state index is 12.0. The van der Waals surface area contributed by atoms with Crippen LogP contribution in [-0.2, 0) is 20.6 Å². The van der Waals surface area contributed by atoms with Crippen LogP contribution in [0.2, 0.25) is 0 Å². The minimum Gasteiger partial charge on any atom is -0.444 e. The molecular formula is C32H51FN4O6. The monoisotopic (exact) mass is 606 g/mol. The molecule has 242 valence electrons. The van der Waals surface area contributed by atoms with E-state index in [2.05, 4.69) is 10.6 Å². The Hall–Kier alpha value is -3.89. The van der Waals surface area contributed by atoms with Crippen LogP contribution in [0.5, 0.6) is 0 Å². The van der Waals surface area contributed by atoms with E-state index in [1.165, 1.54) is 12.1 Å². The lowest BCUT2D eigenvalue weighted by Crippen LogP contribution is -2.52. The molecule has 4 N–H and O–H groups in total. The Bertz CT molecular complexity index is 1200. The number of nitro benzene ring substituents is 1. The van der Waals surface area contributed by atoms with Crippen molar-refractivity contribution in [1.29, 1.82) is 0 Å². The van der Waals surface area contributed by atoms with Crippen LogP contribution in [0.1, 0.15) is 106 Å². The van der Waals surface area contributed by atoms with Crippen LogP contribution in [0.4, 0.5) is 25.7 Å². The number of hydrogen-bond donors (Lipinski definition) is 3. The first-order valence-electron chi connectivity index (χ1n) is 13.7. The summed E-state index contributed by atoms with van der Waals surface area (Å²) in [6.45, 7) is 11.0. The third-order valence-corrected chi connectivity index (χ3v) is 6.99. The van der Waals surface area contributed by atoms with E-state index in [0.717, 1.165) is 55.3 Å². The Labute approximate surface area is 255 Å². The molecule has 0 heterocycles. The van der Waals surface area contributed by atoms with Gasteiger partial charge in [0.05, 0.1) is 16.0 Å². The molecule has 0 spiro atoms. The molecule has 0 aromatic heterocycles. The van der Waals surface area contributed by atoms with Crippen LogP contribution in [0, 0.1) is 10.1 Å². The van der Waals surface area contributed by atoms with E-state index in [9.17, 15) is 19.7 Å². The van der Waals surface area contributed by atoms with Crippen LogP contribution >= 0.6 is 0 Å². The zero-order valence-electron chi connectivity index (χ0n) is 24.7. The number of nitro groups is 1. The average molecular weight is 607 g/mol. The number of ether oxygens (including phenoxy) is 2. The van der Waals surface area contributed by atoms with Gasteiger partial charge >= 0.3 is 12.2 Å². The topological polar surface area (TPSA) is 146 Å². The molecule has 0 bridgehead atoms. The SMILES string of the molecule is C.C.CC(C)(C)OC(=O)NC1(c2ccc(N)cc2)CCC1.CC(C)(C)OC(=O)NC1(c2ccc([N+](=O)[O-])cc2)CCC1.F. The number of alkyl carbamates (subject to hydrolysis) is 2. The second-order valence-corrected chi connectivity index (χ2v) is 12.6. The largest absolute Gasteiger partial charge is 0.444 e. The number of anilines is 1. The number of carbonyl (C=O) groups is 2. The summed E-state index contributed by atoms with van der Waals surface area (Å²) in [7, 11) is 0. The van der Waals surface area contributed by atoms with Crippen molar-refractivity contribution in [1.82, 2.24) is 10.6 Å². The maximum absolute atomic E-state index is 12.0. The first-order valence-corrected chi connectivity index (χ1v) is 13.7. The standard InChI is InChI=1S/C15H20N2O4.C15H22N2O2.2CH4.FH/c1-14(2,3)21-13(18)16-15(9-4-10-15)11-5-7-12(8-6-11)17(19)20;1-14(2,3)19-13(18)17-15(9-4-10-15)11-5-7-12(16)8-6-11;;;/h5-8H,4,9-10H2,1-3H3,(H,16,18);5-8H,4,9-10,16H2,1-3H3,(H,17,18);2*1H4;1H. The lowest BCUT2D eigenvalue weighted by Gasteiger charge is -2.43. The maximum Gasteiger partial charge on any atom is 0.408 e. The summed E-state index contributed by atoms with van der Waals surface area (Å²) in [4.78, 5) is 34.2. The van der Waals surface area contributed by atoms with Crippen LogP contribution in [0.25, 0.3) is 0 Å². The van der Waals surface area contributed by atoms with Crippen LogP contribution in [0.3, 0.4) is 0 Å². The van der Waals surface area contributed by atoms with Gasteiger partial charge in [-0.1, -0.05) is 27.0 Å². The third kappa shape index (κ3) is 10.7. The molecule has 0 radical (unpaired) electrons. The number of amides is 2. The number of nitrogen functional groups attached to an aromatic ring is 1. The van der Waals surface area contributed by atoms with Gasteiger partial charge in [-0.05, 0) is 115 Å². The van der Waals surface area contributed by atoms with Crippen molar-refractivity contribution in [3.8, 4) is 0 Å². The number of nitrogens with two attached hydrogens (primary N) is 1. The molecule has 0 saturated heterocycles. The van der Waals surface area contributed by atoms with Crippen molar-refractivity contribution in [2.24, 2.45) is 0 Å². The zero-order valence-corrected chi connectivity index (χ0v) is 24.7. The number of nitrogens with zero attached hydrogens (tertiary/aromatic N) is 1. The van der Waals surface area contributed by atoms with Crippen molar-refractivity contribution < 1.29 is 28.7 Å². The molecule has 2 amide bonds. The fourth-order valence-corrected chi connectivity index (χ4v) is 4.73. The smallest absolute Gasteiger partial charge is 0.408 e. The highest BCUT2D eigenvalue weighted by molar-refractivity contribution is 5.70. The molecule has 0 unspecified atom stereocenters. The molecule has 2 aromatic rings. The van der Waals surface area contributed by atoms with Gasteiger partial charge in [0.1, 0.15) is 11.2 Å². The molecule has 2 aromatic carbocycles. The van der Waals surface area contributed by atoms with Gasteiger partial charge < -0.3 is 25.8 Å². The molecule has 0 aliphatic heterocycles. The van der Waals surface area contributed by atoms with E-state index in [1.807, 2.05) is 65.8 Å². The molecule has 2 aliphatic carbocycles. The average Bonchev–Trinajstić information content (AvgIpc) is 2.77. The number of non-ortho nitro benzene ring substituents is 1. The van der Waals surface area contributed by atoms with E-state index in [1.54, 1.807) is 12.1 Å². The van der Waals surface area contributed by atoms with Gasteiger partial charge in [-0.15, -0.1) is 0 Å². The Balaban J connectivity index is 0.000000770. The fraction of sp³-hybridized carbons (Fsp3) is 0.562. The molecule has 2 saturated carbocycles. The molecule has 2 fully saturated rings. The molecule has 4 rings (SSSR count). The van der Waals surface area contributed by atoms with Crippen LogP contribution in [-0.4, -0.2) is 28.3 Å². The quantitative estimate of drug-likeness (QED) is 0.177. The minimum atomic E-state index is -0.551. The first-order chi connectivity index (χ1) is 18.5. The van der Waals surface area contributed by atoms with E-state index >= 15 is 0 Å². The summed E-state index contributed by atoms with van der Waals surface area (Å²) < 4.78 is 10.6. The van der Waals surface area contributed by atoms with Gasteiger partial charge in [0.15, 0.2) is 0 Å². The summed E-state index contributed by atoms with van der Waals surface area (Å²) in [5.41, 5.74) is 6.69. The first kappa shape index (κ1) is 39.1. The highest BCUT2D eigenvalue weighted by Gasteiger charge is 2.42. The van der Waals surface area contributed by atoms with Crippen LogP contribution < -0.4 is 16.4 Å². The highest BCUT2D eigenvalue weighted by atomic mass is 19.0. The number of rotatable bonds is 5. The van der Waals surface area contributed by atoms with Crippen molar-refractivity contribution >= 4 is 23.6 Å². The van der Waals surface area contributed by atoms with Crippen molar-refractivity contribution in [2.45, 2.75) is 117 Å². The number of carbonyl (C=O) groups excluding carboxylic acids is 2. The third-order valence-electron chi connectivity index (χ3n) is 6.99. The highest BCUT2D eigenvalue weighted by Crippen LogP contribution is 2.42. The van der Waals surface area contributed by atoms with Crippen molar-refractivity contribution in [3.63, 3.8) is 0 Å². The van der Waals surface area contributed by atoms with E-state index in [0.29, 0.717) is 0 Å². The van der Waals surface area contributed by atoms with Crippen molar-refractivity contribution in [2.75, 3.05) is 5.73 Å². The second kappa shape index (κ2) is 15.0. The number of nitrogens with one attached hydrogen (secondary N) is 2. The summed E-state index contributed by atoms with van der Waals surface area (Å²) in [5, 5.41) is 16.6. The lowest BCUT2D eigenvalue weighted by atomic mass is 9.72. The summed E-state index contributed by atoms with van der Waals surface area (Å²) in [5.74, 6) is 0. The molecular weight excluding hydrogens is 555 g/mol. The van der Waals surface area contributed by atoms with Gasteiger partial charge in [0.2, 0.25) is 0 Å². The predicted octanol–water partition coefficient (Wildman–Crippen LogP) is 8.10. The number of benzene rings is 2. The summed E-state index contributed by atoms with van der Waals surface area (Å²) >= 11 is 0. The number of halogens is 1. The van der Waals surface area contributed by atoms with Gasteiger partial charge in [0, 0.05) is 17.8 Å². The fourth-order valence-electron chi connectivity index (χ4n) is 4.73. The van der Waals surface area contributed by atoms with Crippen molar-refractivity contribution in [3.05, 3.63) is 69.8 Å². The molecule has 10 nitrogen and oxygen atoms in total. The van der Waals surface area contributed by atoms with Gasteiger partial charge in [-0.2, -0.15) is 0 Å². The summed E-state index contributed by atoms with van der Waals surface area (Å²) in [6, 6.07) is 14.0. The van der Waals surface area contributed by atoms with E-state index in [4.69, 9.17) is 15.2 Å². The minimum absolute atomic E-state index is 0. The second-order valence-electron chi connectivity index (χ2n) is 12.6. The van der Waals surface area contributed by atoms with Crippen LogP contribution in [0.15, 0.2) is 48.5 Å². The molecule has 2 aliphatic rings. The van der Waals surface area contributed by atoms with E-state index < -0.39 is 27.8 Å². The van der Waals surface area contributed by atoms with Gasteiger partial charge in [-0.25, -0.2) is 9.59 Å². The number of hydrogen-bond acceptors (Lipinski definition) is 7. The predicted molar refractivity (Wildman–Crippen MR) is 170 cm³/mol. The van der Waals surface area contributed by atoms with E-state index in [-0.39, 0.29) is 36.9 Å². The van der Waals surface area contributed by atoms with Gasteiger partial charge in [0.25, 0.3) is 5.69 Å². The molecule has 11 heteroatoms. The Morgan fingerprint density at radius 1 is 0.744 bits per heavy atom. The Kier molecular flexibility index (Phi) is 13.7.